The topological polar surface area (TPSA) is 69.2 Å². The lowest BCUT2D eigenvalue weighted by Crippen LogP contribution is -2.05. The smallest absolute Gasteiger partial charge is 0.240 e. The third-order valence-electron chi connectivity index (χ3n) is 4.55. The van der Waals surface area contributed by atoms with E-state index in [0.717, 1.165) is 26.0 Å². The van der Waals surface area contributed by atoms with E-state index in [0.29, 0.717) is 35.9 Å². The number of halogens is 1. The molecule has 164 valence electrons. The Morgan fingerprint density at radius 3 is 2.06 bits per heavy atom. The van der Waals surface area contributed by atoms with E-state index in [-0.39, 0.29) is 0 Å². The van der Waals surface area contributed by atoms with Crippen LogP contribution in [0.5, 0.6) is 11.8 Å². The van der Waals surface area contributed by atoms with Crippen molar-refractivity contribution in [1.82, 2.24) is 14.3 Å². The monoisotopic (exact) mass is 528 g/mol. The van der Waals surface area contributed by atoms with Gasteiger partial charge in [-0.15, -0.1) is 0 Å². The molecule has 4 aromatic rings. The van der Waals surface area contributed by atoms with Crippen LogP contribution in [0.2, 0.25) is 0 Å². The van der Waals surface area contributed by atoms with Crippen LogP contribution >= 0.6 is 39.2 Å². The summed E-state index contributed by atoms with van der Waals surface area (Å²) in [5.41, 5.74) is 2.88. The van der Waals surface area contributed by atoms with E-state index in [4.69, 9.17) is 9.47 Å². The molecule has 0 aliphatic heterocycles. The fourth-order valence-corrected chi connectivity index (χ4v) is 4.82. The van der Waals surface area contributed by atoms with Gasteiger partial charge in [0.1, 0.15) is 23.5 Å². The number of ether oxygens (including phenoxy) is 2. The van der Waals surface area contributed by atoms with Gasteiger partial charge in [0.15, 0.2) is 5.16 Å². The second-order valence-corrected chi connectivity index (χ2v) is 9.01. The van der Waals surface area contributed by atoms with E-state index in [9.17, 15) is 0 Å². The van der Waals surface area contributed by atoms with Crippen LogP contribution < -0.4 is 14.8 Å². The van der Waals surface area contributed by atoms with Gasteiger partial charge in [-0.3, -0.25) is 0 Å². The van der Waals surface area contributed by atoms with Crippen molar-refractivity contribution >= 4 is 45.0 Å². The molecule has 0 aliphatic rings. The minimum absolute atomic E-state index is 0.398. The molecule has 2 aromatic carbocycles. The van der Waals surface area contributed by atoms with Crippen molar-refractivity contribution in [2.24, 2.45) is 0 Å². The van der Waals surface area contributed by atoms with Crippen LogP contribution in [0.25, 0.3) is 10.4 Å². The van der Waals surface area contributed by atoms with E-state index in [1.807, 2.05) is 74.0 Å². The number of rotatable bonds is 9. The Morgan fingerprint density at radius 1 is 0.906 bits per heavy atom. The molecule has 0 saturated heterocycles. The van der Waals surface area contributed by atoms with E-state index >= 15 is 0 Å². The molecule has 0 amide bonds. The first kappa shape index (κ1) is 22.6. The van der Waals surface area contributed by atoms with Crippen LogP contribution in [0.3, 0.4) is 0 Å². The highest BCUT2D eigenvalue weighted by Gasteiger charge is 2.24. The minimum Gasteiger partial charge on any atom is -0.472 e. The maximum Gasteiger partial charge on any atom is 0.240 e. The molecule has 4 rings (SSSR count). The average molecular weight is 529 g/mol. The van der Waals surface area contributed by atoms with Gasteiger partial charge in [0, 0.05) is 7.05 Å². The van der Waals surface area contributed by atoms with Crippen LogP contribution in [-0.2, 0) is 13.2 Å². The van der Waals surface area contributed by atoms with Gasteiger partial charge in [0.25, 0.3) is 0 Å². The van der Waals surface area contributed by atoms with Gasteiger partial charge in [-0.2, -0.15) is 9.36 Å². The third kappa shape index (κ3) is 5.23. The average Bonchev–Trinajstić information content (AvgIpc) is 3.21. The molecule has 1 N–H and O–H groups in total. The van der Waals surface area contributed by atoms with Gasteiger partial charge in [0.2, 0.25) is 11.8 Å². The summed E-state index contributed by atoms with van der Waals surface area (Å²) >= 11 is 6.45. The lowest BCUT2D eigenvalue weighted by molar-refractivity contribution is 0.292. The van der Waals surface area contributed by atoms with Crippen molar-refractivity contribution in [1.29, 1.82) is 0 Å². The number of nitrogens with zero attached hydrogens (tertiary/aromatic N) is 3. The van der Waals surface area contributed by atoms with Crippen LogP contribution in [0.4, 0.5) is 5.82 Å². The Kier molecular flexibility index (Phi) is 7.62. The number of nitrogens with one attached hydrogen (secondary N) is 1. The fraction of sp³-hybridized carbons (Fsp3) is 0.174. The van der Waals surface area contributed by atoms with Crippen molar-refractivity contribution in [3.63, 3.8) is 0 Å². The van der Waals surface area contributed by atoms with Crippen molar-refractivity contribution in [2.75, 3.05) is 18.6 Å². The molecule has 0 atom stereocenters. The number of thioether (sulfide) groups is 1. The van der Waals surface area contributed by atoms with Crippen LogP contribution in [0.1, 0.15) is 11.1 Å². The van der Waals surface area contributed by atoms with Crippen molar-refractivity contribution in [3.05, 3.63) is 76.3 Å². The first-order valence-electron chi connectivity index (χ1n) is 9.82. The highest BCUT2D eigenvalue weighted by Crippen LogP contribution is 2.45. The molecule has 32 heavy (non-hydrogen) atoms. The summed E-state index contributed by atoms with van der Waals surface area (Å²) < 4.78 is 17.4. The van der Waals surface area contributed by atoms with E-state index in [1.54, 1.807) is 0 Å². The van der Waals surface area contributed by atoms with E-state index < -0.39 is 0 Å². The Balaban J connectivity index is 1.66. The summed E-state index contributed by atoms with van der Waals surface area (Å²) in [4.78, 5) is 10.1. The van der Waals surface area contributed by atoms with Crippen molar-refractivity contribution < 1.29 is 9.47 Å². The molecule has 0 bridgehead atoms. The predicted octanol–water partition coefficient (Wildman–Crippen LogP) is 6.28. The van der Waals surface area contributed by atoms with Gasteiger partial charge < -0.3 is 14.8 Å². The number of hydrogen-bond donors (Lipinski definition) is 1. The SMILES string of the molecule is CNc1nc(SC)nc(OCc2ccccc2)c1-c1snc(OCc2ccccc2)c1Br. The Morgan fingerprint density at radius 2 is 1.50 bits per heavy atom. The molecule has 2 aromatic heterocycles. The first-order chi connectivity index (χ1) is 15.7. The molecule has 0 aliphatic carbocycles. The van der Waals surface area contributed by atoms with Gasteiger partial charge >= 0.3 is 0 Å². The Labute approximate surface area is 203 Å². The third-order valence-corrected chi connectivity index (χ3v) is 6.94. The summed E-state index contributed by atoms with van der Waals surface area (Å²) in [6.45, 7) is 0.830. The second-order valence-electron chi connectivity index (χ2n) is 6.67. The molecule has 0 saturated carbocycles. The number of benzene rings is 2. The number of aromatic nitrogens is 3. The molecule has 6 nitrogen and oxygen atoms in total. The Bertz CT molecular complexity index is 1170. The lowest BCUT2D eigenvalue weighted by atomic mass is 10.2. The maximum atomic E-state index is 6.17. The lowest BCUT2D eigenvalue weighted by Gasteiger charge is -2.14. The molecule has 2 heterocycles. The van der Waals surface area contributed by atoms with E-state index in [2.05, 4.69) is 35.6 Å². The summed E-state index contributed by atoms with van der Waals surface area (Å²) in [7, 11) is 1.83. The maximum absolute atomic E-state index is 6.17. The van der Waals surface area contributed by atoms with Gasteiger partial charge in [-0.1, -0.05) is 72.4 Å². The van der Waals surface area contributed by atoms with Gasteiger partial charge in [-0.25, -0.2) is 4.98 Å². The molecule has 0 radical (unpaired) electrons. The quantitative estimate of drug-likeness (QED) is 0.202. The summed E-state index contributed by atoms with van der Waals surface area (Å²) in [5, 5.41) is 3.80. The Hall–Kier alpha value is -2.62. The molecule has 0 fully saturated rings. The summed E-state index contributed by atoms with van der Waals surface area (Å²) in [5.74, 6) is 1.70. The normalized spacial score (nSPS) is 10.7. The highest BCUT2D eigenvalue weighted by molar-refractivity contribution is 9.10. The predicted molar refractivity (Wildman–Crippen MR) is 134 cm³/mol. The molecule has 0 spiro atoms. The zero-order chi connectivity index (χ0) is 22.3. The molecular formula is C23H21BrN4O2S2. The largest absolute Gasteiger partial charge is 0.472 e. The van der Waals surface area contributed by atoms with Crippen LogP contribution in [0.15, 0.2) is 70.3 Å². The van der Waals surface area contributed by atoms with Crippen LogP contribution in [-0.4, -0.2) is 27.6 Å². The minimum atomic E-state index is 0.398. The van der Waals surface area contributed by atoms with Gasteiger partial charge in [0.05, 0.1) is 10.4 Å². The second kappa shape index (κ2) is 10.8. The number of hydrogen-bond acceptors (Lipinski definition) is 8. The van der Waals surface area contributed by atoms with Crippen molar-refractivity contribution in [3.8, 4) is 22.2 Å². The summed E-state index contributed by atoms with van der Waals surface area (Å²) in [6, 6.07) is 20.0. The molecule has 0 unspecified atom stereocenters. The number of anilines is 1. The van der Waals surface area contributed by atoms with E-state index in [1.165, 1.54) is 23.3 Å². The standard InChI is InChI=1S/C23H21BrN4O2S2/c1-25-20-17(19-18(24)22(28-32-19)30-14-16-11-7-4-8-12-16)21(27-23(26-20)31-2)29-13-15-9-5-3-6-10-15/h3-12H,13-14H2,1-2H3,(H,25,26,27). The first-order valence-corrected chi connectivity index (χ1v) is 12.6. The highest BCUT2D eigenvalue weighted by atomic mass is 79.9. The molecular weight excluding hydrogens is 508 g/mol. The fourth-order valence-electron chi connectivity index (χ4n) is 2.96. The zero-order valence-corrected chi connectivity index (χ0v) is 20.8. The summed E-state index contributed by atoms with van der Waals surface area (Å²) in [6.07, 6.45) is 1.94. The zero-order valence-electron chi connectivity index (χ0n) is 17.5. The van der Waals surface area contributed by atoms with Gasteiger partial charge in [-0.05, 0) is 44.8 Å². The molecule has 9 heteroatoms. The van der Waals surface area contributed by atoms with Crippen LogP contribution in [0, 0.1) is 0 Å². The van der Waals surface area contributed by atoms with Crippen molar-refractivity contribution in [2.45, 2.75) is 18.4 Å².